The van der Waals surface area contributed by atoms with Gasteiger partial charge in [-0.25, -0.2) is 4.79 Å². The van der Waals surface area contributed by atoms with Gasteiger partial charge in [-0.15, -0.1) is 0 Å². The summed E-state index contributed by atoms with van der Waals surface area (Å²) in [6.07, 6.45) is 2.09. The van der Waals surface area contributed by atoms with Crippen LogP contribution in [0.25, 0.3) is 0 Å². The molecule has 1 rings (SSSR count). The molecule has 0 saturated carbocycles. The molecule has 5 heteroatoms. The SMILES string of the molecule is CNCCCOC1CCN(C(=O)O)CC1. The van der Waals surface area contributed by atoms with E-state index in [-0.39, 0.29) is 6.10 Å². The first-order chi connectivity index (χ1) is 7.24. The van der Waals surface area contributed by atoms with Crippen LogP contribution in [0.2, 0.25) is 0 Å². The number of piperidine rings is 1. The van der Waals surface area contributed by atoms with E-state index in [1.165, 1.54) is 4.90 Å². The molecule has 0 spiro atoms. The van der Waals surface area contributed by atoms with Crippen molar-refractivity contribution in [2.24, 2.45) is 0 Å². The van der Waals surface area contributed by atoms with Gasteiger partial charge in [-0.3, -0.25) is 0 Å². The summed E-state index contributed by atoms with van der Waals surface area (Å²) < 4.78 is 5.65. The lowest BCUT2D eigenvalue weighted by molar-refractivity contribution is 0.00943. The first-order valence-corrected chi connectivity index (χ1v) is 5.48. The average molecular weight is 216 g/mol. The van der Waals surface area contributed by atoms with E-state index in [9.17, 15) is 4.79 Å². The largest absolute Gasteiger partial charge is 0.465 e. The molecule has 15 heavy (non-hydrogen) atoms. The molecule has 0 aliphatic carbocycles. The second-order valence-corrected chi connectivity index (χ2v) is 3.80. The lowest BCUT2D eigenvalue weighted by Gasteiger charge is -2.29. The van der Waals surface area contributed by atoms with Gasteiger partial charge in [-0.2, -0.15) is 0 Å². The summed E-state index contributed by atoms with van der Waals surface area (Å²) in [7, 11) is 1.92. The Bertz CT molecular complexity index is 191. The fraction of sp³-hybridized carbons (Fsp3) is 0.900. The second-order valence-electron chi connectivity index (χ2n) is 3.80. The molecule has 0 aromatic rings. The summed E-state index contributed by atoms with van der Waals surface area (Å²) in [5, 5.41) is 11.8. The highest BCUT2D eigenvalue weighted by atomic mass is 16.5. The van der Waals surface area contributed by atoms with E-state index in [2.05, 4.69) is 5.32 Å². The van der Waals surface area contributed by atoms with Crippen molar-refractivity contribution >= 4 is 6.09 Å². The summed E-state index contributed by atoms with van der Waals surface area (Å²) in [5.41, 5.74) is 0. The van der Waals surface area contributed by atoms with Crippen LogP contribution in [0.15, 0.2) is 0 Å². The Morgan fingerprint density at radius 2 is 2.20 bits per heavy atom. The Morgan fingerprint density at radius 1 is 1.53 bits per heavy atom. The molecule has 1 aliphatic rings. The third-order valence-corrected chi connectivity index (χ3v) is 2.64. The van der Waals surface area contributed by atoms with Crippen molar-refractivity contribution in [1.82, 2.24) is 10.2 Å². The highest BCUT2D eigenvalue weighted by Gasteiger charge is 2.22. The van der Waals surface area contributed by atoms with Gasteiger partial charge in [0.2, 0.25) is 0 Å². The summed E-state index contributed by atoms with van der Waals surface area (Å²) in [6.45, 7) is 2.94. The third kappa shape index (κ3) is 4.48. The van der Waals surface area contributed by atoms with Crippen LogP contribution in [0, 0.1) is 0 Å². The molecule has 88 valence electrons. The van der Waals surface area contributed by atoms with E-state index in [0.29, 0.717) is 13.1 Å². The van der Waals surface area contributed by atoms with Gasteiger partial charge in [0.1, 0.15) is 0 Å². The van der Waals surface area contributed by atoms with E-state index >= 15 is 0 Å². The lowest BCUT2D eigenvalue weighted by Crippen LogP contribution is -2.40. The number of hydrogen-bond donors (Lipinski definition) is 2. The summed E-state index contributed by atoms with van der Waals surface area (Å²) in [5.74, 6) is 0. The van der Waals surface area contributed by atoms with Crippen molar-refractivity contribution in [1.29, 1.82) is 0 Å². The lowest BCUT2D eigenvalue weighted by atomic mass is 10.1. The van der Waals surface area contributed by atoms with Gasteiger partial charge in [0.25, 0.3) is 0 Å². The number of amides is 1. The van der Waals surface area contributed by atoms with Crippen LogP contribution in [0.4, 0.5) is 4.79 Å². The third-order valence-electron chi connectivity index (χ3n) is 2.64. The van der Waals surface area contributed by atoms with Gasteiger partial charge in [0.15, 0.2) is 0 Å². The van der Waals surface area contributed by atoms with Crippen molar-refractivity contribution in [3.63, 3.8) is 0 Å². The molecule has 0 bridgehead atoms. The minimum absolute atomic E-state index is 0.248. The minimum Gasteiger partial charge on any atom is -0.465 e. The highest BCUT2D eigenvalue weighted by Crippen LogP contribution is 2.13. The van der Waals surface area contributed by atoms with Crippen molar-refractivity contribution in [2.75, 3.05) is 33.3 Å². The van der Waals surface area contributed by atoms with Crippen LogP contribution in [-0.2, 0) is 4.74 Å². The molecule has 0 unspecified atom stereocenters. The predicted octanol–water partition coefficient (Wildman–Crippen LogP) is 0.755. The molecule has 1 amide bonds. The number of hydrogen-bond acceptors (Lipinski definition) is 3. The molecule has 0 atom stereocenters. The van der Waals surface area contributed by atoms with Crippen LogP contribution < -0.4 is 5.32 Å². The Morgan fingerprint density at radius 3 is 2.73 bits per heavy atom. The van der Waals surface area contributed by atoms with Gasteiger partial charge in [-0.1, -0.05) is 0 Å². The van der Waals surface area contributed by atoms with E-state index in [4.69, 9.17) is 9.84 Å². The molecular formula is C10H20N2O3. The van der Waals surface area contributed by atoms with Crippen LogP contribution in [-0.4, -0.2) is 55.5 Å². The number of rotatable bonds is 5. The first kappa shape index (κ1) is 12.3. The Kier molecular flexibility index (Phi) is 5.42. The Labute approximate surface area is 90.4 Å². The monoisotopic (exact) mass is 216 g/mol. The van der Waals surface area contributed by atoms with Crippen molar-refractivity contribution < 1.29 is 14.6 Å². The van der Waals surface area contributed by atoms with E-state index in [1.807, 2.05) is 7.05 Å². The quantitative estimate of drug-likeness (QED) is 0.666. The molecule has 0 radical (unpaired) electrons. The van der Waals surface area contributed by atoms with E-state index in [0.717, 1.165) is 32.4 Å². The van der Waals surface area contributed by atoms with Crippen molar-refractivity contribution in [3.8, 4) is 0 Å². The fourth-order valence-corrected chi connectivity index (χ4v) is 1.71. The van der Waals surface area contributed by atoms with Gasteiger partial charge in [0.05, 0.1) is 6.10 Å². The zero-order valence-electron chi connectivity index (χ0n) is 9.24. The first-order valence-electron chi connectivity index (χ1n) is 5.48. The van der Waals surface area contributed by atoms with Crippen LogP contribution in [0.1, 0.15) is 19.3 Å². The number of nitrogens with zero attached hydrogens (tertiary/aromatic N) is 1. The molecule has 2 N–H and O–H groups in total. The van der Waals surface area contributed by atoms with Crippen LogP contribution >= 0.6 is 0 Å². The predicted molar refractivity (Wildman–Crippen MR) is 57.1 cm³/mol. The Hall–Kier alpha value is -0.810. The van der Waals surface area contributed by atoms with Crippen molar-refractivity contribution in [3.05, 3.63) is 0 Å². The van der Waals surface area contributed by atoms with E-state index in [1.54, 1.807) is 0 Å². The van der Waals surface area contributed by atoms with Gasteiger partial charge in [0, 0.05) is 19.7 Å². The average Bonchev–Trinajstić information content (AvgIpc) is 2.25. The molecule has 0 aromatic heterocycles. The van der Waals surface area contributed by atoms with Gasteiger partial charge >= 0.3 is 6.09 Å². The zero-order valence-corrected chi connectivity index (χ0v) is 9.24. The van der Waals surface area contributed by atoms with Crippen molar-refractivity contribution in [2.45, 2.75) is 25.4 Å². The number of likely N-dealkylation sites (tertiary alicyclic amines) is 1. The maximum absolute atomic E-state index is 10.6. The van der Waals surface area contributed by atoms with Gasteiger partial charge < -0.3 is 20.1 Å². The zero-order chi connectivity index (χ0) is 11.1. The number of carbonyl (C=O) groups is 1. The maximum Gasteiger partial charge on any atom is 0.407 e. The highest BCUT2D eigenvalue weighted by molar-refractivity contribution is 5.64. The fourth-order valence-electron chi connectivity index (χ4n) is 1.71. The molecular weight excluding hydrogens is 196 g/mol. The minimum atomic E-state index is -0.816. The maximum atomic E-state index is 10.6. The standard InChI is InChI=1S/C10H20N2O3/c1-11-5-2-8-15-9-3-6-12(7-4-9)10(13)14/h9,11H,2-8H2,1H3,(H,13,14). The molecule has 1 aliphatic heterocycles. The van der Waals surface area contributed by atoms with Gasteiger partial charge in [-0.05, 0) is 32.9 Å². The molecule has 1 saturated heterocycles. The smallest absolute Gasteiger partial charge is 0.407 e. The Balaban J connectivity index is 2.07. The second kappa shape index (κ2) is 6.63. The normalized spacial score (nSPS) is 18.1. The number of carboxylic acid groups (broad SMARTS) is 1. The molecule has 1 heterocycles. The van der Waals surface area contributed by atoms with E-state index < -0.39 is 6.09 Å². The topological polar surface area (TPSA) is 61.8 Å². The molecule has 0 aromatic carbocycles. The molecule has 5 nitrogen and oxygen atoms in total. The number of nitrogens with one attached hydrogen (secondary N) is 1. The summed E-state index contributed by atoms with van der Waals surface area (Å²) in [6, 6.07) is 0. The molecule has 1 fully saturated rings. The summed E-state index contributed by atoms with van der Waals surface area (Å²) >= 11 is 0. The number of ether oxygens (including phenoxy) is 1. The van der Waals surface area contributed by atoms with Crippen LogP contribution in [0.3, 0.4) is 0 Å². The van der Waals surface area contributed by atoms with Crippen LogP contribution in [0.5, 0.6) is 0 Å². The summed E-state index contributed by atoms with van der Waals surface area (Å²) in [4.78, 5) is 12.1.